The first-order chi connectivity index (χ1) is 14.5. The van der Waals surface area contributed by atoms with Crippen LogP contribution in [0.4, 0.5) is 26.7 Å². The number of halogens is 6. The molecule has 0 saturated carbocycles. The standard InChI is InChI=1S/C19H21ClF5N3O3/c1-9-17(29)26-6-7-28(9)18(30)27-16(11-3-4-12(21)14(20)15(11)22)10-2-5-13(31-8-10)19(23,24)25/h3-4,9-10,13,16H,2,5-8H2,1H3,(H,26,29)(H,27,30)/t9-,10+,13-,16-/m1/s1. The highest BCUT2D eigenvalue weighted by Gasteiger charge is 2.45. The van der Waals surface area contributed by atoms with E-state index in [1.54, 1.807) is 0 Å². The van der Waals surface area contributed by atoms with Crippen molar-refractivity contribution in [2.75, 3.05) is 19.7 Å². The van der Waals surface area contributed by atoms with Gasteiger partial charge in [-0.2, -0.15) is 13.2 Å². The average Bonchev–Trinajstić information content (AvgIpc) is 2.72. The maximum Gasteiger partial charge on any atom is 0.414 e. The van der Waals surface area contributed by atoms with Gasteiger partial charge in [-0.05, 0) is 25.8 Å². The molecule has 2 N–H and O–H groups in total. The molecular formula is C19H21ClF5N3O3. The van der Waals surface area contributed by atoms with Gasteiger partial charge in [0.2, 0.25) is 5.91 Å². The summed E-state index contributed by atoms with van der Waals surface area (Å²) < 4.78 is 72.1. The number of hydrogen-bond donors (Lipinski definition) is 2. The van der Waals surface area contributed by atoms with E-state index in [1.807, 2.05) is 0 Å². The van der Waals surface area contributed by atoms with E-state index in [1.165, 1.54) is 11.8 Å². The van der Waals surface area contributed by atoms with Crippen LogP contribution in [0.1, 0.15) is 31.4 Å². The Labute approximate surface area is 180 Å². The molecule has 2 aliphatic heterocycles. The van der Waals surface area contributed by atoms with Crippen LogP contribution >= 0.6 is 11.6 Å². The number of carbonyl (C=O) groups is 2. The minimum atomic E-state index is -4.54. The van der Waals surface area contributed by atoms with Gasteiger partial charge in [-0.25, -0.2) is 13.6 Å². The Morgan fingerprint density at radius 3 is 2.65 bits per heavy atom. The van der Waals surface area contributed by atoms with Gasteiger partial charge in [0, 0.05) is 24.6 Å². The Balaban J connectivity index is 1.86. The first-order valence-corrected chi connectivity index (χ1v) is 10.0. The Hall–Kier alpha value is -2.14. The van der Waals surface area contributed by atoms with Crippen molar-refractivity contribution in [1.82, 2.24) is 15.5 Å². The highest BCUT2D eigenvalue weighted by atomic mass is 35.5. The number of piperazine rings is 1. The minimum Gasteiger partial charge on any atom is -0.368 e. The molecule has 0 aliphatic carbocycles. The molecule has 6 nitrogen and oxygen atoms in total. The predicted molar refractivity (Wildman–Crippen MR) is 100 cm³/mol. The van der Waals surface area contributed by atoms with E-state index < -0.39 is 59.6 Å². The van der Waals surface area contributed by atoms with Gasteiger partial charge < -0.3 is 20.3 Å². The zero-order chi connectivity index (χ0) is 22.9. The molecule has 2 fully saturated rings. The number of amides is 3. The van der Waals surface area contributed by atoms with E-state index in [9.17, 15) is 31.5 Å². The summed E-state index contributed by atoms with van der Waals surface area (Å²) >= 11 is 5.67. The van der Waals surface area contributed by atoms with Crippen molar-refractivity contribution in [3.8, 4) is 0 Å². The molecule has 2 aliphatic rings. The highest BCUT2D eigenvalue weighted by Crippen LogP contribution is 2.38. The molecule has 0 bridgehead atoms. The van der Waals surface area contributed by atoms with E-state index >= 15 is 0 Å². The second-order valence-corrected chi connectivity index (χ2v) is 7.93. The Morgan fingerprint density at radius 2 is 2.03 bits per heavy atom. The van der Waals surface area contributed by atoms with E-state index in [0.29, 0.717) is 0 Å². The van der Waals surface area contributed by atoms with Crippen LogP contribution in [0.5, 0.6) is 0 Å². The normalized spacial score (nSPS) is 25.7. The van der Waals surface area contributed by atoms with Gasteiger partial charge in [0.1, 0.15) is 22.7 Å². The summed E-state index contributed by atoms with van der Waals surface area (Å²) in [6, 6.07) is -0.640. The van der Waals surface area contributed by atoms with Gasteiger partial charge in [0.25, 0.3) is 0 Å². The summed E-state index contributed by atoms with van der Waals surface area (Å²) in [6.45, 7) is 1.52. The van der Waals surface area contributed by atoms with Crippen molar-refractivity contribution in [3.63, 3.8) is 0 Å². The molecule has 1 aromatic carbocycles. The van der Waals surface area contributed by atoms with Crippen LogP contribution in [0.2, 0.25) is 5.02 Å². The minimum absolute atomic E-state index is 0.0282. The molecule has 1 aromatic rings. The average molecular weight is 470 g/mol. The SMILES string of the molecule is C[C@@H]1C(=O)NCCN1C(=O)N[C@@H](c1ccc(F)c(Cl)c1F)[C@H]1CC[C@H](C(F)(F)F)OC1. The van der Waals surface area contributed by atoms with E-state index in [4.69, 9.17) is 16.3 Å². The van der Waals surface area contributed by atoms with Crippen molar-refractivity contribution in [1.29, 1.82) is 0 Å². The van der Waals surface area contributed by atoms with Gasteiger partial charge in [-0.3, -0.25) is 4.79 Å². The molecule has 3 amide bonds. The van der Waals surface area contributed by atoms with Crippen LogP contribution in [-0.4, -0.2) is 54.9 Å². The van der Waals surface area contributed by atoms with Gasteiger partial charge in [-0.1, -0.05) is 17.7 Å². The molecule has 0 radical (unpaired) electrons. The fourth-order valence-corrected chi connectivity index (χ4v) is 3.97. The summed E-state index contributed by atoms with van der Waals surface area (Å²) in [5.74, 6) is -3.23. The Morgan fingerprint density at radius 1 is 1.32 bits per heavy atom. The molecule has 4 atom stereocenters. The zero-order valence-corrected chi connectivity index (χ0v) is 17.2. The lowest BCUT2D eigenvalue weighted by Crippen LogP contribution is -2.59. The first-order valence-electron chi connectivity index (χ1n) is 9.67. The monoisotopic (exact) mass is 469 g/mol. The van der Waals surface area contributed by atoms with E-state index in [-0.39, 0.29) is 37.4 Å². The smallest absolute Gasteiger partial charge is 0.368 e. The largest absolute Gasteiger partial charge is 0.414 e. The number of nitrogens with one attached hydrogen (secondary N) is 2. The molecule has 0 spiro atoms. The van der Waals surface area contributed by atoms with Gasteiger partial charge in [-0.15, -0.1) is 0 Å². The predicted octanol–water partition coefficient (Wildman–Crippen LogP) is 3.55. The first kappa shape index (κ1) is 23.5. The van der Waals surface area contributed by atoms with E-state index in [2.05, 4.69) is 10.6 Å². The fourth-order valence-electron chi connectivity index (χ4n) is 3.80. The fraction of sp³-hybridized carbons (Fsp3) is 0.579. The lowest BCUT2D eigenvalue weighted by Gasteiger charge is -2.38. The summed E-state index contributed by atoms with van der Waals surface area (Å²) in [6.07, 6.45) is -6.89. The zero-order valence-electron chi connectivity index (χ0n) is 16.4. The quantitative estimate of drug-likeness (QED) is 0.525. The maximum atomic E-state index is 14.7. The van der Waals surface area contributed by atoms with Crippen LogP contribution in [0.25, 0.3) is 0 Å². The van der Waals surface area contributed by atoms with Gasteiger partial charge >= 0.3 is 12.2 Å². The second-order valence-electron chi connectivity index (χ2n) is 7.55. The van der Waals surface area contributed by atoms with Crippen LogP contribution in [0, 0.1) is 17.6 Å². The van der Waals surface area contributed by atoms with Gasteiger partial charge in [0.05, 0.1) is 12.6 Å². The maximum absolute atomic E-state index is 14.7. The van der Waals surface area contributed by atoms with Crippen LogP contribution in [0.3, 0.4) is 0 Å². The Bertz CT molecular complexity index is 846. The number of carbonyl (C=O) groups excluding carboxylic acids is 2. The lowest BCUT2D eigenvalue weighted by atomic mass is 9.86. The third kappa shape index (κ3) is 5.03. The summed E-state index contributed by atoms with van der Waals surface area (Å²) in [4.78, 5) is 25.9. The summed E-state index contributed by atoms with van der Waals surface area (Å²) in [5.41, 5.74) is -0.173. The number of benzene rings is 1. The molecule has 3 rings (SSSR count). The van der Waals surface area contributed by atoms with Crippen molar-refractivity contribution in [2.24, 2.45) is 5.92 Å². The molecule has 0 unspecified atom stereocenters. The van der Waals surface area contributed by atoms with Crippen LogP contribution < -0.4 is 10.6 Å². The molecule has 0 aromatic heterocycles. The number of nitrogens with zero attached hydrogens (tertiary/aromatic N) is 1. The van der Waals surface area contributed by atoms with E-state index in [0.717, 1.165) is 12.1 Å². The number of ether oxygens (including phenoxy) is 1. The van der Waals surface area contributed by atoms with Crippen molar-refractivity contribution < 1.29 is 36.3 Å². The number of hydrogen-bond acceptors (Lipinski definition) is 3. The topological polar surface area (TPSA) is 70.7 Å². The molecule has 12 heteroatoms. The molecule has 2 saturated heterocycles. The highest BCUT2D eigenvalue weighted by molar-refractivity contribution is 6.31. The molecule has 2 heterocycles. The molecular weight excluding hydrogens is 449 g/mol. The Kier molecular flexibility index (Phi) is 6.95. The van der Waals surface area contributed by atoms with Crippen molar-refractivity contribution in [3.05, 3.63) is 34.4 Å². The third-order valence-corrected chi connectivity index (χ3v) is 5.93. The van der Waals surface area contributed by atoms with Crippen LogP contribution in [-0.2, 0) is 9.53 Å². The summed E-state index contributed by atoms with van der Waals surface area (Å²) in [7, 11) is 0. The van der Waals surface area contributed by atoms with Gasteiger partial charge in [0.15, 0.2) is 6.10 Å². The molecule has 31 heavy (non-hydrogen) atoms. The number of alkyl halides is 3. The van der Waals surface area contributed by atoms with Crippen LogP contribution in [0.15, 0.2) is 12.1 Å². The lowest BCUT2D eigenvalue weighted by molar-refractivity contribution is -0.236. The number of rotatable bonds is 3. The summed E-state index contributed by atoms with van der Waals surface area (Å²) in [5, 5.41) is 4.41. The molecule has 172 valence electrons. The number of urea groups is 1. The third-order valence-electron chi connectivity index (χ3n) is 5.59. The van der Waals surface area contributed by atoms with Crippen molar-refractivity contribution >= 4 is 23.5 Å². The second kappa shape index (κ2) is 9.15. The van der Waals surface area contributed by atoms with Crippen molar-refractivity contribution in [2.45, 2.75) is 44.1 Å².